The Morgan fingerprint density at radius 1 is 1.07 bits per heavy atom. The van der Waals surface area contributed by atoms with Gasteiger partial charge in [0.25, 0.3) is 5.91 Å². The molecule has 2 amide bonds. The Balaban J connectivity index is 1.49. The molecule has 3 fully saturated rings. The summed E-state index contributed by atoms with van der Waals surface area (Å²) in [5.41, 5.74) is 0.644. The molecule has 3 aliphatic rings. The first kappa shape index (κ1) is 18.3. The Bertz CT molecular complexity index is 688. The van der Waals surface area contributed by atoms with Gasteiger partial charge < -0.3 is 15.0 Å². The highest BCUT2D eigenvalue weighted by Crippen LogP contribution is 2.49. The van der Waals surface area contributed by atoms with E-state index in [1.807, 2.05) is 29.2 Å². The minimum Gasteiger partial charge on any atom is -0.497 e. The fraction of sp³-hybridized carbons (Fsp3) is 0.636. The zero-order valence-corrected chi connectivity index (χ0v) is 16.2. The third kappa shape index (κ3) is 3.56. The van der Waals surface area contributed by atoms with E-state index < -0.39 is 0 Å². The molecule has 1 atom stereocenters. The molecule has 0 aromatic heterocycles. The summed E-state index contributed by atoms with van der Waals surface area (Å²) in [5.74, 6) is 0.880. The number of likely N-dealkylation sites (tertiary alicyclic amines) is 1. The number of benzene rings is 1. The topological polar surface area (TPSA) is 58.6 Å². The second kappa shape index (κ2) is 7.53. The van der Waals surface area contributed by atoms with E-state index in [-0.39, 0.29) is 23.1 Å². The van der Waals surface area contributed by atoms with Gasteiger partial charge in [-0.3, -0.25) is 9.59 Å². The monoisotopic (exact) mass is 370 g/mol. The number of carbonyl (C=O) groups is 2. The molecule has 2 aliphatic carbocycles. The molecule has 5 heteroatoms. The molecule has 5 nitrogen and oxygen atoms in total. The van der Waals surface area contributed by atoms with E-state index in [0.29, 0.717) is 24.7 Å². The molecule has 27 heavy (non-hydrogen) atoms. The van der Waals surface area contributed by atoms with E-state index in [1.54, 1.807) is 7.11 Å². The van der Waals surface area contributed by atoms with Gasteiger partial charge in [-0.1, -0.05) is 25.7 Å². The van der Waals surface area contributed by atoms with Crippen molar-refractivity contribution in [1.82, 2.24) is 10.2 Å². The van der Waals surface area contributed by atoms with E-state index in [9.17, 15) is 9.59 Å². The SMILES string of the molecule is COc1ccc(C(=O)N2CC(C(=O)NC3CCCC3)C3(CCCC3)C2)cc1. The molecule has 1 spiro atoms. The molecule has 4 rings (SSSR count). The van der Waals surface area contributed by atoms with Crippen molar-refractivity contribution in [3.05, 3.63) is 29.8 Å². The van der Waals surface area contributed by atoms with E-state index in [0.717, 1.165) is 44.3 Å². The van der Waals surface area contributed by atoms with Gasteiger partial charge in [0.15, 0.2) is 0 Å². The summed E-state index contributed by atoms with van der Waals surface area (Å²) >= 11 is 0. The van der Waals surface area contributed by atoms with Crippen LogP contribution >= 0.6 is 0 Å². The smallest absolute Gasteiger partial charge is 0.253 e. The average molecular weight is 370 g/mol. The van der Waals surface area contributed by atoms with Gasteiger partial charge in [-0.05, 0) is 49.9 Å². The van der Waals surface area contributed by atoms with Crippen molar-refractivity contribution >= 4 is 11.8 Å². The first-order valence-corrected chi connectivity index (χ1v) is 10.3. The molecule has 1 N–H and O–H groups in total. The third-order valence-corrected chi connectivity index (χ3v) is 6.89. The maximum atomic E-state index is 13.1. The van der Waals surface area contributed by atoms with Gasteiger partial charge in [0, 0.05) is 30.1 Å². The zero-order valence-electron chi connectivity index (χ0n) is 16.2. The molecule has 1 aromatic rings. The standard InChI is InChI=1S/C22H30N2O3/c1-27-18-10-8-16(9-11-18)21(26)24-14-19(22(15-24)12-4-5-13-22)20(25)23-17-6-2-3-7-17/h8-11,17,19H,2-7,12-15H2,1H3,(H,23,25). The second-order valence-corrected chi connectivity index (χ2v) is 8.53. The quantitative estimate of drug-likeness (QED) is 0.884. The molecule has 1 heterocycles. The molecule has 1 unspecified atom stereocenters. The fourth-order valence-electron chi connectivity index (χ4n) is 5.36. The van der Waals surface area contributed by atoms with Crippen LogP contribution in [0.25, 0.3) is 0 Å². The summed E-state index contributed by atoms with van der Waals surface area (Å²) < 4.78 is 5.18. The summed E-state index contributed by atoms with van der Waals surface area (Å²) in [6.07, 6.45) is 9.06. The maximum Gasteiger partial charge on any atom is 0.253 e. The van der Waals surface area contributed by atoms with Crippen molar-refractivity contribution < 1.29 is 14.3 Å². The molecule has 2 saturated carbocycles. The lowest BCUT2D eigenvalue weighted by atomic mass is 9.76. The number of nitrogens with zero attached hydrogens (tertiary/aromatic N) is 1. The van der Waals surface area contributed by atoms with Crippen LogP contribution in [0.4, 0.5) is 0 Å². The van der Waals surface area contributed by atoms with Crippen LogP contribution in [-0.2, 0) is 4.79 Å². The maximum absolute atomic E-state index is 13.1. The zero-order chi connectivity index (χ0) is 18.9. The predicted molar refractivity (Wildman–Crippen MR) is 104 cm³/mol. The number of nitrogens with one attached hydrogen (secondary N) is 1. The van der Waals surface area contributed by atoms with E-state index >= 15 is 0 Å². The Morgan fingerprint density at radius 3 is 2.37 bits per heavy atom. The van der Waals surface area contributed by atoms with Gasteiger partial charge in [-0.2, -0.15) is 0 Å². The molecular formula is C22H30N2O3. The molecule has 0 radical (unpaired) electrons. The Kier molecular flexibility index (Phi) is 5.11. The summed E-state index contributed by atoms with van der Waals surface area (Å²) in [4.78, 5) is 28.0. The van der Waals surface area contributed by atoms with Gasteiger partial charge in [-0.15, -0.1) is 0 Å². The first-order chi connectivity index (χ1) is 13.1. The molecule has 1 saturated heterocycles. The normalized spacial score (nSPS) is 24.5. The minimum atomic E-state index is -0.0669. The third-order valence-electron chi connectivity index (χ3n) is 6.89. The lowest BCUT2D eigenvalue weighted by Crippen LogP contribution is -2.43. The number of methoxy groups -OCH3 is 1. The van der Waals surface area contributed by atoms with Crippen LogP contribution in [0.15, 0.2) is 24.3 Å². The highest BCUT2D eigenvalue weighted by Gasteiger charge is 2.52. The Morgan fingerprint density at radius 2 is 1.74 bits per heavy atom. The molecule has 1 aromatic carbocycles. The predicted octanol–water partition coefficient (Wildman–Crippen LogP) is 3.39. The number of rotatable bonds is 4. The lowest BCUT2D eigenvalue weighted by Gasteiger charge is -2.29. The summed E-state index contributed by atoms with van der Waals surface area (Å²) in [6, 6.07) is 7.60. The van der Waals surface area contributed by atoms with Crippen LogP contribution in [0.2, 0.25) is 0 Å². The molecule has 0 bridgehead atoms. The highest BCUT2D eigenvalue weighted by atomic mass is 16.5. The lowest BCUT2D eigenvalue weighted by molar-refractivity contribution is -0.128. The summed E-state index contributed by atoms with van der Waals surface area (Å²) in [7, 11) is 1.62. The second-order valence-electron chi connectivity index (χ2n) is 8.53. The minimum absolute atomic E-state index is 0.0230. The van der Waals surface area contributed by atoms with Crippen molar-refractivity contribution in [2.24, 2.45) is 11.3 Å². The van der Waals surface area contributed by atoms with Crippen LogP contribution in [0.5, 0.6) is 5.75 Å². The fourth-order valence-corrected chi connectivity index (χ4v) is 5.36. The van der Waals surface area contributed by atoms with Crippen LogP contribution in [0.1, 0.15) is 61.7 Å². The average Bonchev–Trinajstić information content (AvgIpc) is 3.44. The van der Waals surface area contributed by atoms with Crippen LogP contribution in [0.3, 0.4) is 0 Å². The van der Waals surface area contributed by atoms with Crippen LogP contribution in [-0.4, -0.2) is 43.0 Å². The van der Waals surface area contributed by atoms with Crippen molar-refractivity contribution in [1.29, 1.82) is 0 Å². The molecular weight excluding hydrogens is 340 g/mol. The van der Waals surface area contributed by atoms with Crippen molar-refractivity contribution in [2.75, 3.05) is 20.2 Å². The van der Waals surface area contributed by atoms with Gasteiger partial charge in [0.2, 0.25) is 5.91 Å². The number of hydrogen-bond acceptors (Lipinski definition) is 3. The van der Waals surface area contributed by atoms with Gasteiger partial charge in [0.05, 0.1) is 13.0 Å². The number of amides is 2. The molecule has 1 aliphatic heterocycles. The van der Waals surface area contributed by atoms with Gasteiger partial charge in [-0.25, -0.2) is 0 Å². The number of carbonyl (C=O) groups excluding carboxylic acids is 2. The largest absolute Gasteiger partial charge is 0.497 e. The Labute approximate surface area is 161 Å². The van der Waals surface area contributed by atoms with Gasteiger partial charge in [0.1, 0.15) is 5.75 Å². The van der Waals surface area contributed by atoms with E-state index in [2.05, 4.69) is 5.32 Å². The summed E-state index contributed by atoms with van der Waals surface area (Å²) in [6.45, 7) is 1.25. The van der Waals surface area contributed by atoms with Crippen molar-refractivity contribution in [2.45, 2.75) is 57.4 Å². The van der Waals surface area contributed by atoms with E-state index in [4.69, 9.17) is 4.74 Å². The van der Waals surface area contributed by atoms with Crippen molar-refractivity contribution in [3.8, 4) is 5.75 Å². The van der Waals surface area contributed by atoms with E-state index in [1.165, 1.54) is 12.8 Å². The van der Waals surface area contributed by atoms with Crippen LogP contribution in [0, 0.1) is 11.3 Å². The number of hydrogen-bond donors (Lipinski definition) is 1. The van der Waals surface area contributed by atoms with Gasteiger partial charge >= 0.3 is 0 Å². The number of ether oxygens (including phenoxy) is 1. The Hall–Kier alpha value is -2.04. The van der Waals surface area contributed by atoms with Crippen molar-refractivity contribution in [3.63, 3.8) is 0 Å². The summed E-state index contributed by atoms with van der Waals surface area (Å²) in [5, 5.41) is 3.29. The first-order valence-electron chi connectivity index (χ1n) is 10.3. The molecule has 146 valence electrons. The highest BCUT2D eigenvalue weighted by molar-refractivity contribution is 5.95. The van der Waals surface area contributed by atoms with Crippen LogP contribution < -0.4 is 10.1 Å².